The molecule has 0 unspecified atom stereocenters. The van der Waals surface area contributed by atoms with E-state index in [1.165, 1.54) is 56.9 Å². The molecule has 1 amide bonds. The second kappa shape index (κ2) is 14.1. The Labute approximate surface area is 149 Å². The molecule has 0 radical (unpaired) electrons. The molecule has 2 nitrogen and oxygen atoms in total. The van der Waals surface area contributed by atoms with E-state index in [4.69, 9.17) is 0 Å². The lowest BCUT2D eigenvalue weighted by atomic mass is 10.1. The van der Waals surface area contributed by atoms with Crippen molar-refractivity contribution in [3.8, 4) is 0 Å². The summed E-state index contributed by atoms with van der Waals surface area (Å²) in [5.41, 5.74) is 1.28. The predicted molar refractivity (Wildman–Crippen MR) is 104 cm³/mol. The summed E-state index contributed by atoms with van der Waals surface area (Å²) < 4.78 is 0. The van der Waals surface area contributed by atoms with Crippen LogP contribution in [0.5, 0.6) is 0 Å². The van der Waals surface area contributed by atoms with Crippen LogP contribution in [0.25, 0.3) is 0 Å². The normalized spacial score (nSPS) is 13.1. The van der Waals surface area contributed by atoms with Crippen LogP contribution >= 0.6 is 0 Å². The second-order valence-corrected chi connectivity index (χ2v) is 6.98. The zero-order valence-corrected chi connectivity index (χ0v) is 15.9. The molecule has 136 valence electrons. The molecule has 0 atom stereocenters. The Bertz CT molecular complexity index is 407. The molecule has 1 N–H and O–H groups in total. The van der Waals surface area contributed by atoms with Crippen LogP contribution < -0.4 is 5.32 Å². The van der Waals surface area contributed by atoms with Crippen LogP contribution in [0.15, 0.2) is 30.3 Å². The van der Waals surface area contributed by atoms with Gasteiger partial charge in [0.1, 0.15) is 0 Å². The van der Waals surface area contributed by atoms with Crippen molar-refractivity contribution in [2.45, 2.75) is 84.5 Å². The maximum absolute atomic E-state index is 11.5. The first-order chi connectivity index (χ1) is 11.8. The third-order valence-electron chi connectivity index (χ3n) is 4.50. The molecule has 1 saturated carbocycles. The Hall–Kier alpha value is -1.31. The zero-order valence-electron chi connectivity index (χ0n) is 15.9. The molecule has 1 aromatic carbocycles. The van der Waals surface area contributed by atoms with Crippen molar-refractivity contribution in [2.75, 3.05) is 6.54 Å². The van der Waals surface area contributed by atoms with Gasteiger partial charge >= 0.3 is 0 Å². The van der Waals surface area contributed by atoms with Gasteiger partial charge in [-0.05, 0) is 30.7 Å². The molecule has 1 fully saturated rings. The molecular formula is C22H37NO. The van der Waals surface area contributed by atoms with Gasteiger partial charge in [-0.25, -0.2) is 0 Å². The van der Waals surface area contributed by atoms with Gasteiger partial charge in [0.15, 0.2) is 0 Å². The summed E-state index contributed by atoms with van der Waals surface area (Å²) in [6.07, 6.45) is 13.7. The van der Waals surface area contributed by atoms with E-state index in [-0.39, 0.29) is 5.91 Å². The fraction of sp³-hybridized carbons (Fsp3) is 0.682. The average molecular weight is 332 g/mol. The summed E-state index contributed by atoms with van der Waals surface area (Å²) in [7, 11) is 0. The maximum Gasteiger partial charge on any atom is 0.220 e. The van der Waals surface area contributed by atoms with Crippen LogP contribution in [0.4, 0.5) is 0 Å². The van der Waals surface area contributed by atoms with Gasteiger partial charge in [0, 0.05) is 13.0 Å². The van der Waals surface area contributed by atoms with E-state index in [0.717, 1.165) is 25.3 Å². The minimum atomic E-state index is 0.210. The first-order valence-corrected chi connectivity index (χ1v) is 10.1. The van der Waals surface area contributed by atoms with Gasteiger partial charge in [-0.3, -0.25) is 4.79 Å². The molecular weight excluding hydrogens is 294 g/mol. The van der Waals surface area contributed by atoms with Crippen molar-refractivity contribution in [1.82, 2.24) is 5.32 Å². The quantitative estimate of drug-likeness (QED) is 0.502. The van der Waals surface area contributed by atoms with Crippen molar-refractivity contribution in [3.05, 3.63) is 35.9 Å². The molecule has 1 aliphatic carbocycles. The number of rotatable bonds is 11. The Kier molecular flexibility index (Phi) is 12.2. The number of hydrogen-bond donors (Lipinski definition) is 1. The van der Waals surface area contributed by atoms with Crippen molar-refractivity contribution < 1.29 is 4.79 Å². The first-order valence-electron chi connectivity index (χ1n) is 10.1. The van der Waals surface area contributed by atoms with E-state index in [9.17, 15) is 4.79 Å². The third-order valence-corrected chi connectivity index (χ3v) is 4.50. The van der Waals surface area contributed by atoms with Gasteiger partial charge in [-0.15, -0.1) is 0 Å². The average Bonchev–Trinajstić information content (AvgIpc) is 3.41. The Morgan fingerprint density at radius 2 is 1.67 bits per heavy atom. The molecule has 0 saturated heterocycles. The summed E-state index contributed by atoms with van der Waals surface area (Å²) in [4.78, 5) is 11.5. The van der Waals surface area contributed by atoms with E-state index in [1.807, 2.05) is 18.2 Å². The SMILES string of the molecule is CCCCCCC.O=C(CCCC1CC1)NCCc1ccccc1. The minimum Gasteiger partial charge on any atom is -0.356 e. The fourth-order valence-electron chi connectivity index (χ4n) is 2.71. The van der Waals surface area contributed by atoms with Crippen LogP contribution in [0.3, 0.4) is 0 Å². The van der Waals surface area contributed by atoms with E-state index < -0.39 is 0 Å². The van der Waals surface area contributed by atoms with E-state index >= 15 is 0 Å². The lowest BCUT2D eigenvalue weighted by Crippen LogP contribution is -2.25. The highest BCUT2D eigenvalue weighted by Gasteiger charge is 2.20. The highest BCUT2D eigenvalue weighted by Crippen LogP contribution is 2.33. The van der Waals surface area contributed by atoms with Crippen molar-refractivity contribution in [2.24, 2.45) is 5.92 Å². The van der Waals surface area contributed by atoms with Crippen LogP contribution in [-0.4, -0.2) is 12.5 Å². The molecule has 2 heteroatoms. The predicted octanol–water partition coefficient (Wildman–Crippen LogP) is 5.90. The molecule has 0 aromatic heterocycles. The fourth-order valence-corrected chi connectivity index (χ4v) is 2.71. The molecule has 24 heavy (non-hydrogen) atoms. The molecule has 1 aromatic rings. The van der Waals surface area contributed by atoms with Gasteiger partial charge in [0.05, 0.1) is 0 Å². The summed E-state index contributed by atoms with van der Waals surface area (Å²) in [6.45, 7) is 5.25. The van der Waals surface area contributed by atoms with Gasteiger partial charge in [0.25, 0.3) is 0 Å². The molecule has 0 spiro atoms. The summed E-state index contributed by atoms with van der Waals surface area (Å²) in [6, 6.07) is 10.3. The topological polar surface area (TPSA) is 29.1 Å². The smallest absolute Gasteiger partial charge is 0.220 e. The summed E-state index contributed by atoms with van der Waals surface area (Å²) in [5.74, 6) is 1.15. The lowest BCUT2D eigenvalue weighted by Gasteiger charge is -2.05. The number of amides is 1. The molecule has 1 aliphatic rings. The molecule has 0 aliphatic heterocycles. The van der Waals surface area contributed by atoms with Crippen LogP contribution in [-0.2, 0) is 11.2 Å². The summed E-state index contributed by atoms with van der Waals surface area (Å²) in [5, 5.41) is 2.99. The zero-order chi connectivity index (χ0) is 17.5. The number of nitrogens with one attached hydrogen (secondary N) is 1. The summed E-state index contributed by atoms with van der Waals surface area (Å²) >= 11 is 0. The molecule has 0 heterocycles. The first kappa shape index (κ1) is 20.7. The highest BCUT2D eigenvalue weighted by molar-refractivity contribution is 5.75. The standard InChI is InChI=1S/C15H21NO.C7H16/c17-15(8-4-7-14-9-10-14)16-12-11-13-5-2-1-3-6-13;1-3-5-7-6-4-2/h1-3,5-6,14H,4,7-12H2,(H,16,17);3-7H2,1-2H3. The van der Waals surface area contributed by atoms with Gasteiger partial charge in [-0.1, -0.05) is 89.1 Å². The van der Waals surface area contributed by atoms with E-state index in [0.29, 0.717) is 6.42 Å². The third kappa shape index (κ3) is 12.2. The second-order valence-electron chi connectivity index (χ2n) is 6.98. The van der Waals surface area contributed by atoms with Gasteiger partial charge in [0.2, 0.25) is 5.91 Å². The number of benzene rings is 1. The van der Waals surface area contributed by atoms with Crippen molar-refractivity contribution >= 4 is 5.91 Å². The number of unbranched alkanes of at least 4 members (excludes halogenated alkanes) is 4. The largest absolute Gasteiger partial charge is 0.356 e. The van der Waals surface area contributed by atoms with Gasteiger partial charge in [-0.2, -0.15) is 0 Å². The number of hydrogen-bond acceptors (Lipinski definition) is 1. The number of carbonyl (C=O) groups excluding carboxylic acids is 1. The Balaban J connectivity index is 0.000000351. The number of carbonyl (C=O) groups is 1. The molecule has 2 rings (SSSR count). The van der Waals surface area contributed by atoms with Crippen molar-refractivity contribution in [1.29, 1.82) is 0 Å². The maximum atomic E-state index is 11.5. The highest BCUT2D eigenvalue weighted by atomic mass is 16.1. The van der Waals surface area contributed by atoms with E-state index in [1.54, 1.807) is 0 Å². The lowest BCUT2D eigenvalue weighted by molar-refractivity contribution is -0.121. The Morgan fingerprint density at radius 3 is 2.25 bits per heavy atom. The van der Waals surface area contributed by atoms with E-state index in [2.05, 4.69) is 31.3 Å². The van der Waals surface area contributed by atoms with Crippen molar-refractivity contribution in [3.63, 3.8) is 0 Å². The van der Waals surface area contributed by atoms with Crippen LogP contribution in [0, 0.1) is 5.92 Å². The Morgan fingerprint density at radius 1 is 1.00 bits per heavy atom. The minimum absolute atomic E-state index is 0.210. The van der Waals surface area contributed by atoms with Gasteiger partial charge < -0.3 is 5.32 Å². The van der Waals surface area contributed by atoms with Crippen LogP contribution in [0.1, 0.15) is 83.6 Å². The molecule has 0 bridgehead atoms. The monoisotopic (exact) mass is 331 g/mol. The van der Waals surface area contributed by atoms with Crippen LogP contribution in [0.2, 0.25) is 0 Å².